The molecule has 1 amide bonds. The molecule has 20 heavy (non-hydrogen) atoms. The van der Waals surface area contributed by atoms with Gasteiger partial charge in [-0.2, -0.15) is 0 Å². The maximum absolute atomic E-state index is 11.9. The van der Waals surface area contributed by atoms with Gasteiger partial charge in [0.25, 0.3) is 0 Å². The van der Waals surface area contributed by atoms with Crippen molar-refractivity contribution < 1.29 is 9.21 Å². The van der Waals surface area contributed by atoms with E-state index in [1.807, 2.05) is 24.3 Å². The highest BCUT2D eigenvalue weighted by Gasteiger charge is 2.28. The fourth-order valence-corrected chi connectivity index (χ4v) is 2.68. The molecule has 1 aliphatic heterocycles. The van der Waals surface area contributed by atoms with Crippen molar-refractivity contribution in [3.05, 3.63) is 36.1 Å². The molecule has 2 heterocycles. The fraction of sp³-hybridized carbons (Fsp3) is 0.400. The van der Waals surface area contributed by atoms with Gasteiger partial charge < -0.3 is 15.1 Å². The monoisotopic (exact) mass is 273 g/mol. The van der Waals surface area contributed by atoms with Crippen LogP contribution in [0.3, 0.4) is 0 Å². The van der Waals surface area contributed by atoms with Gasteiger partial charge in [0.05, 0.1) is 6.54 Å². The molecule has 1 unspecified atom stereocenters. The zero-order chi connectivity index (χ0) is 13.9. The third-order valence-corrected chi connectivity index (χ3v) is 3.74. The number of amides is 1. The summed E-state index contributed by atoms with van der Waals surface area (Å²) in [6.45, 7) is 3.08. The third kappa shape index (κ3) is 2.55. The van der Waals surface area contributed by atoms with Gasteiger partial charge in [0, 0.05) is 32.1 Å². The van der Waals surface area contributed by atoms with Gasteiger partial charge in [-0.05, 0) is 12.1 Å². The lowest BCUT2D eigenvalue weighted by Crippen LogP contribution is -2.56. The van der Waals surface area contributed by atoms with Crippen molar-refractivity contribution in [1.29, 1.82) is 0 Å². The van der Waals surface area contributed by atoms with E-state index in [0.717, 1.165) is 29.8 Å². The molecule has 1 aliphatic rings. The molecule has 1 aromatic carbocycles. The quantitative estimate of drug-likeness (QED) is 0.874. The average molecular weight is 273 g/mol. The zero-order valence-corrected chi connectivity index (χ0v) is 11.6. The Morgan fingerprint density at radius 2 is 2.35 bits per heavy atom. The van der Waals surface area contributed by atoms with Crippen LogP contribution in [0.1, 0.15) is 5.76 Å². The van der Waals surface area contributed by atoms with Gasteiger partial charge in [-0.3, -0.25) is 9.69 Å². The maximum atomic E-state index is 11.9. The van der Waals surface area contributed by atoms with Crippen molar-refractivity contribution in [1.82, 2.24) is 15.5 Å². The summed E-state index contributed by atoms with van der Waals surface area (Å²) in [7, 11) is 1.68. The van der Waals surface area contributed by atoms with Crippen molar-refractivity contribution in [3.8, 4) is 0 Å². The second-order valence-corrected chi connectivity index (χ2v) is 5.06. The third-order valence-electron chi connectivity index (χ3n) is 3.74. The Morgan fingerprint density at radius 1 is 1.50 bits per heavy atom. The number of hydrogen-bond donors (Lipinski definition) is 2. The van der Waals surface area contributed by atoms with E-state index in [0.29, 0.717) is 13.1 Å². The lowest BCUT2D eigenvalue weighted by Gasteiger charge is -2.34. The maximum Gasteiger partial charge on any atom is 0.238 e. The Balaban J connectivity index is 1.79. The molecule has 2 N–H and O–H groups in total. The highest BCUT2D eigenvalue weighted by atomic mass is 16.3. The van der Waals surface area contributed by atoms with Crippen LogP contribution in [-0.2, 0) is 11.3 Å². The Bertz CT molecular complexity index is 575. The number of carbonyl (C=O) groups is 1. The van der Waals surface area contributed by atoms with Crippen LogP contribution in [0.25, 0.3) is 11.0 Å². The van der Waals surface area contributed by atoms with E-state index in [2.05, 4.69) is 21.6 Å². The molecule has 1 saturated heterocycles. The largest absolute Gasteiger partial charge is 0.460 e. The van der Waals surface area contributed by atoms with E-state index in [9.17, 15) is 4.79 Å². The van der Waals surface area contributed by atoms with Crippen LogP contribution in [0.5, 0.6) is 0 Å². The number of carbonyl (C=O) groups excluding carboxylic acids is 1. The van der Waals surface area contributed by atoms with E-state index in [1.165, 1.54) is 0 Å². The number of nitrogens with one attached hydrogen (secondary N) is 2. The smallest absolute Gasteiger partial charge is 0.238 e. The second-order valence-electron chi connectivity index (χ2n) is 5.06. The molecule has 3 rings (SSSR count). The molecule has 106 valence electrons. The molecular weight excluding hydrogens is 254 g/mol. The number of piperazine rings is 1. The zero-order valence-electron chi connectivity index (χ0n) is 11.6. The van der Waals surface area contributed by atoms with E-state index < -0.39 is 0 Å². The molecule has 5 heteroatoms. The number of nitrogens with zero attached hydrogens (tertiary/aromatic N) is 1. The summed E-state index contributed by atoms with van der Waals surface area (Å²) in [5.41, 5.74) is 0.897. The van der Waals surface area contributed by atoms with Gasteiger partial charge >= 0.3 is 0 Å². The Kier molecular flexibility index (Phi) is 3.71. The molecule has 1 aromatic heterocycles. The second kappa shape index (κ2) is 5.64. The Labute approximate surface area is 117 Å². The van der Waals surface area contributed by atoms with Crippen molar-refractivity contribution in [2.75, 3.05) is 26.7 Å². The van der Waals surface area contributed by atoms with Crippen LogP contribution in [-0.4, -0.2) is 43.5 Å². The van der Waals surface area contributed by atoms with Gasteiger partial charge in [0.2, 0.25) is 5.91 Å². The molecule has 0 aliphatic carbocycles. The van der Waals surface area contributed by atoms with Crippen LogP contribution < -0.4 is 10.6 Å². The summed E-state index contributed by atoms with van der Waals surface area (Å²) in [5.74, 6) is 0.954. The first-order valence-electron chi connectivity index (χ1n) is 6.92. The first-order chi connectivity index (χ1) is 9.78. The Hall–Kier alpha value is -1.85. The number of furan rings is 1. The molecule has 0 spiro atoms. The number of rotatable bonds is 3. The molecule has 0 bridgehead atoms. The molecule has 0 saturated carbocycles. The van der Waals surface area contributed by atoms with Crippen LogP contribution in [0.2, 0.25) is 0 Å². The highest BCUT2D eigenvalue weighted by Crippen LogP contribution is 2.21. The van der Waals surface area contributed by atoms with Gasteiger partial charge in [-0.1, -0.05) is 18.2 Å². The summed E-state index contributed by atoms with van der Waals surface area (Å²) in [6.07, 6.45) is 0. The van der Waals surface area contributed by atoms with Crippen molar-refractivity contribution >= 4 is 16.9 Å². The van der Waals surface area contributed by atoms with E-state index in [-0.39, 0.29) is 11.9 Å². The predicted molar refractivity (Wildman–Crippen MR) is 77.3 cm³/mol. The Morgan fingerprint density at radius 3 is 3.15 bits per heavy atom. The van der Waals surface area contributed by atoms with Crippen LogP contribution in [0.4, 0.5) is 0 Å². The minimum Gasteiger partial charge on any atom is -0.460 e. The van der Waals surface area contributed by atoms with Gasteiger partial charge in [-0.15, -0.1) is 0 Å². The summed E-state index contributed by atoms with van der Waals surface area (Å²) in [5, 5.41) is 7.09. The van der Waals surface area contributed by atoms with Crippen molar-refractivity contribution in [2.45, 2.75) is 12.6 Å². The molecule has 2 aromatic rings. The fourth-order valence-electron chi connectivity index (χ4n) is 2.68. The number of fused-ring (bicyclic) bond motifs is 1. The first-order valence-corrected chi connectivity index (χ1v) is 6.92. The van der Waals surface area contributed by atoms with Crippen LogP contribution in [0.15, 0.2) is 34.7 Å². The predicted octanol–water partition coefficient (Wildman–Crippen LogP) is 0.953. The van der Waals surface area contributed by atoms with Gasteiger partial charge in [0.15, 0.2) is 0 Å². The number of likely N-dealkylation sites (N-methyl/N-ethyl adjacent to an activating group) is 1. The van der Waals surface area contributed by atoms with Crippen molar-refractivity contribution in [3.63, 3.8) is 0 Å². The van der Waals surface area contributed by atoms with E-state index in [1.54, 1.807) is 7.05 Å². The molecule has 0 radical (unpaired) electrons. The normalized spacial score (nSPS) is 20.1. The summed E-state index contributed by atoms with van der Waals surface area (Å²) >= 11 is 0. The number of hydrogen-bond acceptors (Lipinski definition) is 4. The van der Waals surface area contributed by atoms with Crippen LogP contribution in [0, 0.1) is 0 Å². The lowest BCUT2D eigenvalue weighted by atomic mass is 10.1. The summed E-state index contributed by atoms with van der Waals surface area (Å²) in [6, 6.07) is 9.89. The lowest BCUT2D eigenvalue weighted by molar-refractivity contribution is -0.126. The first kappa shape index (κ1) is 13.1. The molecule has 1 fully saturated rings. The summed E-state index contributed by atoms with van der Waals surface area (Å²) in [4.78, 5) is 14.1. The molecule has 5 nitrogen and oxygen atoms in total. The molecule has 1 atom stereocenters. The van der Waals surface area contributed by atoms with Gasteiger partial charge in [-0.25, -0.2) is 0 Å². The van der Waals surface area contributed by atoms with Crippen LogP contribution >= 0.6 is 0 Å². The topological polar surface area (TPSA) is 57.5 Å². The number of benzene rings is 1. The highest BCUT2D eigenvalue weighted by molar-refractivity contribution is 5.82. The minimum absolute atomic E-state index is 0.0494. The summed E-state index contributed by atoms with van der Waals surface area (Å²) < 4.78 is 5.84. The molecular formula is C15H19N3O2. The minimum atomic E-state index is -0.137. The van der Waals surface area contributed by atoms with E-state index in [4.69, 9.17) is 4.42 Å². The van der Waals surface area contributed by atoms with Gasteiger partial charge in [0.1, 0.15) is 17.4 Å². The number of para-hydroxylation sites is 1. The SMILES string of the molecule is CNC(=O)C1CNCCN1Cc1cc2ccccc2o1. The average Bonchev–Trinajstić information content (AvgIpc) is 2.89. The van der Waals surface area contributed by atoms with Crippen molar-refractivity contribution in [2.24, 2.45) is 0 Å². The van der Waals surface area contributed by atoms with E-state index >= 15 is 0 Å². The standard InChI is InChI=1S/C15H19N3O2/c1-16-15(19)13-9-17-6-7-18(13)10-12-8-11-4-2-3-5-14(11)20-12/h2-5,8,13,17H,6-7,9-10H2,1H3,(H,16,19).